The van der Waals surface area contributed by atoms with Crippen LogP contribution in [0.5, 0.6) is 0 Å². The molecule has 5 unspecified atom stereocenters. The number of aliphatic imine (C=N–C) groups is 1. The Morgan fingerprint density at radius 1 is 1.06 bits per heavy atom. The first-order chi connectivity index (χ1) is 22.5. The van der Waals surface area contributed by atoms with Gasteiger partial charge < -0.3 is 40.8 Å². The summed E-state index contributed by atoms with van der Waals surface area (Å²) in [5.41, 5.74) is 3.43. The molecule has 5 atom stereocenters. The largest absolute Gasteiger partial charge is 0.389 e. The highest BCUT2D eigenvalue weighted by molar-refractivity contribution is 6.43. The van der Waals surface area contributed by atoms with Crippen LogP contribution >= 0.6 is 0 Å². The highest BCUT2D eigenvalue weighted by Gasteiger charge is 2.34. The molecule has 1 aliphatic heterocycles. The second-order valence-corrected chi connectivity index (χ2v) is 11.9. The van der Waals surface area contributed by atoms with Crippen molar-refractivity contribution in [3.8, 4) is 0 Å². The Labute approximate surface area is 275 Å². The van der Waals surface area contributed by atoms with Crippen molar-refractivity contribution in [1.82, 2.24) is 15.2 Å². The first-order valence-corrected chi connectivity index (χ1v) is 15.6. The van der Waals surface area contributed by atoms with Crippen LogP contribution < -0.4 is 21.3 Å². The maximum atomic E-state index is 13.4. The number of carbonyl (C=O) groups excluding carboxylic acids is 3. The number of aliphatic hydroxyl groups excluding tert-OH is 2. The van der Waals surface area contributed by atoms with E-state index >= 15 is 0 Å². The molecule has 0 spiro atoms. The number of carbonyl (C=O) groups is 3. The molecule has 0 saturated carbocycles. The first kappa shape index (κ1) is 35.2. The van der Waals surface area contributed by atoms with E-state index in [1.165, 1.54) is 12.3 Å². The van der Waals surface area contributed by atoms with Crippen LogP contribution in [0, 0.1) is 5.92 Å². The Kier molecular flexibility index (Phi) is 12.2. The van der Waals surface area contributed by atoms with Gasteiger partial charge in [0.1, 0.15) is 11.4 Å². The molecule has 12 nitrogen and oxygen atoms in total. The lowest BCUT2D eigenvalue weighted by Crippen LogP contribution is -2.53. The van der Waals surface area contributed by atoms with Crippen molar-refractivity contribution < 1.29 is 29.3 Å². The maximum Gasteiger partial charge on any atom is 0.274 e. The van der Waals surface area contributed by atoms with Crippen LogP contribution in [-0.2, 0) is 27.9 Å². The van der Waals surface area contributed by atoms with Gasteiger partial charge in [0.05, 0.1) is 17.9 Å². The third kappa shape index (κ3) is 9.69. The third-order valence-corrected chi connectivity index (χ3v) is 8.12. The Hall–Kier alpha value is -4.62. The molecule has 1 aromatic carbocycles. The van der Waals surface area contributed by atoms with Gasteiger partial charge in [0.25, 0.3) is 17.7 Å². The molecule has 1 saturated heterocycles. The highest BCUT2D eigenvalue weighted by atomic mass is 16.6. The van der Waals surface area contributed by atoms with Gasteiger partial charge >= 0.3 is 0 Å². The van der Waals surface area contributed by atoms with E-state index in [4.69, 9.17) is 4.74 Å². The number of aryl methyl sites for hydroxylation is 1. The van der Waals surface area contributed by atoms with Gasteiger partial charge in [-0.1, -0.05) is 38.3 Å². The van der Waals surface area contributed by atoms with Gasteiger partial charge in [0.2, 0.25) is 0 Å². The van der Waals surface area contributed by atoms with E-state index in [2.05, 4.69) is 46.3 Å². The highest BCUT2D eigenvalue weighted by Crippen LogP contribution is 2.24. The number of nitrogens with zero attached hydrogens (tertiary/aromatic N) is 2. The van der Waals surface area contributed by atoms with Gasteiger partial charge in [-0.3, -0.25) is 19.4 Å². The molecule has 1 fully saturated rings. The van der Waals surface area contributed by atoms with Crippen LogP contribution in [0.3, 0.4) is 0 Å². The van der Waals surface area contributed by atoms with Gasteiger partial charge in [-0.2, -0.15) is 0 Å². The lowest BCUT2D eigenvalue weighted by atomic mass is 9.93. The van der Waals surface area contributed by atoms with Crippen LogP contribution in [0.2, 0.25) is 0 Å². The second kappa shape index (κ2) is 16.3. The van der Waals surface area contributed by atoms with Crippen LogP contribution in [0.25, 0.3) is 0 Å². The number of hydrogen-bond acceptors (Lipinski definition) is 8. The molecule has 250 valence electrons. The number of anilines is 2. The van der Waals surface area contributed by atoms with Crippen LogP contribution in [0.1, 0.15) is 55.6 Å². The summed E-state index contributed by atoms with van der Waals surface area (Å²) in [7, 11) is 1.72. The Bertz CT molecular complexity index is 1570. The van der Waals surface area contributed by atoms with Crippen LogP contribution in [0.15, 0.2) is 90.4 Å². The fourth-order valence-electron chi connectivity index (χ4n) is 5.54. The topological polar surface area (TPSA) is 166 Å². The molecular formula is C35H44N6O6. The zero-order valence-corrected chi connectivity index (χ0v) is 27.0. The van der Waals surface area contributed by atoms with Crippen molar-refractivity contribution in [2.45, 2.75) is 70.6 Å². The van der Waals surface area contributed by atoms with E-state index in [9.17, 15) is 24.6 Å². The fourth-order valence-corrected chi connectivity index (χ4v) is 5.54. The number of aromatic nitrogens is 1. The minimum absolute atomic E-state index is 0.112. The van der Waals surface area contributed by atoms with E-state index in [0.29, 0.717) is 41.3 Å². The van der Waals surface area contributed by atoms with E-state index in [1.54, 1.807) is 49.0 Å². The minimum atomic E-state index is -0.921. The van der Waals surface area contributed by atoms with Gasteiger partial charge in [-0.25, -0.2) is 0 Å². The number of ether oxygens (including phenoxy) is 1. The normalized spacial score (nSPS) is 25.6. The van der Waals surface area contributed by atoms with E-state index in [1.807, 2.05) is 18.2 Å². The number of amides is 3. The number of benzene rings is 1. The number of hydrogen-bond donors (Lipinski definition) is 6. The molecule has 3 amide bonds. The van der Waals surface area contributed by atoms with Crippen molar-refractivity contribution in [3.63, 3.8) is 0 Å². The molecule has 1 aliphatic carbocycles. The van der Waals surface area contributed by atoms with E-state index in [-0.39, 0.29) is 35.9 Å². The second-order valence-electron chi connectivity index (χ2n) is 11.9. The smallest absolute Gasteiger partial charge is 0.274 e. The number of rotatable bonds is 11. The molecule has 0 bridgehead atoms. The Balaban J connectivity index is 1.38. The van der Waals surface area contributed by atoms with Gasteiger partial charge in [-0.15, -0.1) is 0 Å². The summed E-state index contributed by atoms with van der Waals surface area (Å²) in [4.78, 5) is 43.1. The predicted octanol–water partition coefficient (Wildman–Crippen LogP) is 3.68. The quantitative estimate of drug-likeness (QED) is 0.203. The summed E-state index contributed by atoms with van der Waals surface area (Å²) in [5, 5.41) is 32.0. The average molecular weight is 645 g/mol. The minimum Gasteiger partial charge on any atom is -0.389 e. The summed E-state index contributed by atoms with van der Waals surface area (Å²) < 4.78 is 6.88. The summed E-state index contributed by atoms with van der Waals surface area (Å²) in [6.45, 7) is 11.4. The van der Waals surface area contributed by atoms with Crippen LogP contribution in [-0.4, -0.2) is 62.8 Å². The summed E-state index contributed by atoms with van der Waals surface area (Å²) in [6.07, 6.45) is 8.07. The summed E-state index contributed by atoms with van der Waals surface area (Å²) >= 11 is 0. The number of aliphatic hydroxyl groups is 2. The van der Waals surface area contributed by atoms with E-state index < -0.39 is 24.4 Å². The summed E-state index contributed by atoms with van der Waals surface area (Å²) in [5.74, 6) is -0.887. The maximum absolute atomic E-state index is 13.4. The monoisotopic (exact) mass is 644 g/mol. The molecule has 12 heteroatoms. The third-order valence-electron chi connectivity index (χ3n) is 8.12. The molecule has 47 heavy (non-hydrogen) atoms. The molecule has 0 radical (unpaired) electrons. The molecule has 6 N–H and O–H groups in total. The SMILES string of the molecule is C=C/N=C(\C=C)C(=O)NC1=C/CCC(C)C/C(C(=O)Nc2cc(C(=O)Nc3ccc(CNC4CC(O)OC(C)C4O)cc3)n(C)c2)=C\1. The van der Waals surface area contributed by atoms with Gasteiger partial charge in [0.15, 0.2) is 6.29 Å². The molecule has 2 heterocycles. The Morgan fingerprint density at radius 2 is 1.79 bits per heavy atom. The standard InChI is InChI=1S/C35H44N6O6/c1-6-28(36-7-2)34(45)39-26-10-8-9-21(3)15-24(16-26)33(44)40-27-17-30(41(5)20-27)35(46)38-25-13-11-23(12-14-25)19-37-29-18-31(42)47-22(4)32(29)43/h6-7,10-14,16-17,20-22,29,31-32,37,42-43H,1-2,8-9,15,18-19H2,3-5H3,(H,38,46)(H,39,45)(H,40,44)/b24-16+,26-10+,36-28+. The zero-order chi connectivity index (χ0) is 34.1. The van der Waals surface area contributed by atoms with Crippen LogP contribution in [0.4, 0.5) is 11.4 Å². The lowest BCUT2D eigenvalue weighted by Gasteiger charge is -2.36. The fraction of sp³-hybridized carbons (Fsp3) is 0.371. The molecule has 2 aliphatic rings. The summed E-state index contributed by atoms with van der Waals surface area (Å²) in [6, 6.07) is 8.60. The molecule has 2 aromatic rings. The number of allylic oxidation sites excluding steroid dienone is 2. The molecule has 1 aromatic heterocycles. The first-order valence-electron chi connectivity index (χ1n) is 15.6. The van der Waals surface area contributed by atoms with Crippen molar-refractivity contribution in [2.24, 2.45) is 18.0 Å². The average Bonchev–Trinajstić information content (AvgIpc) is 3.39. The van der Waals surface area contributed by atoms with Gasteiger partial charge in [0, 0.05) is 55.4 Å². The zero-order valence-electron chi connectivity index (χ0n) is 27.0. The molecule has 4 rings (SSSR count). The lowest BCUT2D eigenvalue weighted by molar-refractivity contribution is -0.202. The Morgan fingerprint density at radius 3 is 2.49 bits per heavy atom. The van der Waals surface area contributed by atoms with Crippen molar-refractivity contribution >= 4 is 34.8 Å². The molecular weight excluding hydrogens is 600 g/mol. The van der Waals surface area contributed by atoms with Gasteiger partial charge in [-0.05, 0) is 68.0 Å². The van der Waals surface area contributed by atoms with Crippen molar-refractivity contribution in [2.75, 3.05) is 10.6 Å². The van der Waals surface area contributed by atoms with Crippen molar-refractivity contribution in [1.29, 1.82) is 0 Å². The van der Waals surface area contributed by atoms with Crippen molar-refractivity contribution in [3.05, 3.63) is 96.6 Å². The number of nitrogens with one attached hydrogen (secondary N) is 4. The van der Waals surface area contributed by atoms with E-state index in [0.717, 1.165) is 18.4 Å². The predicted molar refractivity (Wildman–Crippen MR) is 181 cm³/mol.